The number of carboxylic acids is 1. The van der Waals surface area contributed by atoms with E-state index in [4.69, 9.17) is 11.5 Å². The second-order valence-corrected chi connectivity index (χ2v) is 6.15. The van der Waals surface area contributed by atoms with Crippen LogP contribution in [0.15, 0.2) is 29.2 Å². The molecule has 1 atom stereocenters. The molecule has 0 bridgehead atoms. The fourth-order valence-electron chi connectivity index (χ4n) is 1.44. The van der Waals surface area contributed by atoms with Gasteiger partial charge in [0.25, 0.3) is 0 Å². The van der Waals surface area contributed by atoms with Crippen molar-refractivity contribution in [2.75, 3.05) is 11.1 Å². The zero-order valence-electron chi connectivity index (χ0n) is 10.5. The van der Waals surface area contributed by atoms with Crippen LogP contribution >= 0.6 is 0 Å². The average Bonchev–Trinajstić information content (AvgIpc) is 2.38. The van der Waals surface area contributed by atoms with Crippen molar-refractivity contribution in [1.29, 1.82) is 0 Å². The molecule has 0 aliphatic carbocycles. The van der Waals surface area contributed by atoms with Crippen LogP contribution in [0.2, 0.25) is 0 Å². The summed E-state index contributed by atoms with van der Waals surface area (Å²) in [5.74, 6) is 1.24. The van der Waals surface area contributed by atoms with Crippen LogP contribution in [0.1, 0.15) is 13.3 Å². The minimum absolute atomic E-state index is 0.0224. The van der Waals surface area contributed by atoms with Crippen molar-refractivity contribution in [3.63, 3.8) is 0 Å². The molecule has 0 aliphatic rings. The van der Waals surface area contributed by atoms with E-state index < -0.39 is 21.8 Å². The summed E-state index contributed by atoms with van der Waals surface area (Å²) in [5, 5.41) is 11.7. The molecule has 0 heterocycles. The number of carbonyl (C=O) groups is 1. The Morgan fingerprint density at radius 1 is 1.42 bits per heavy atom. The van der Waals surface area contributed by atoms with Gasteiger partial charge in [-0.15, -0.1) is 12.3 Å². The van der Waals surface area contributed by atoms with E-state index in [2.05, 4.69) is 11.2 Å². The van der Waals surface area contributed by atoms with E-state index in [0.29, 0.717) is 5.69 Å². The average molecular weight is 281 g/mol. The summed E-state index contributed by atoms with van der Waals surface area (Å²) in [7, 11) is -3.25. The Morgan fingerprint density at radius 3 is 2.42 bits per heavy atom. The van der Waals surface area contributed by atoms with E-state index in [-0.39, 0.29) is 17.1 Å². The molecule has 6 heteroatoms. The number of nitrogens with one attached hydrogen (secondary N) is 1. The minimum atomic E-state index is -3.25. The van der Waals surface area contributed by atoms with E-state index >= 15 is 0 Å². The molecule has 19 heavy (non-hydrogen) atoms. The van der Waals surface area contributed by atoms with Gasteiger partial charge in [-0.3, -0.25) is 0 Å². The molecular formula is C13H15NO4S. The van der Waals surface area contributed by atoms with Crippen molar-refractivity contribution < 1.29 is 18.3 Å². The fourth-order valence-corrected chi connectivity index (χ4v) is 2.33. The van der Waals surface area contributed by atoms with Crippen molar-refractivity contribution in [2.45, 2.75) is 24.3 Å². The van der Waals surface area contributed by atoms with Gasteiger partial charge in [0.05, 0.1) is 10.6 Å². The lowest BCUT2D eigenvalue weighted by molar-refractivity contribution is -0.137. The maximum atomic E-state index is 11.6. The normalized spacial score (nSPS) is 12.4. The summed E-state index contributed by atoms with van der Waals surface area (Å²) >= 11 is 0. The fraction of sp³-hybridized carbons (Fsp3) is 0.308. The first-order chi connectivity index (χ1) is 8.90. The number of hydrogen-bond acceptors (Lipinski definition) is 4. The Hall–Kier alpha value is -2.00. The van der Waals surface area contributed by atoms with E-state index in [0.717, 1.165) is 0 Å². The van der Waals surface area contributed by atoms with Crippen molar-refractivity contribution in [3.05, 3.63) is 24.3 Å². The molecule has 1 aromatic rings. The monoisotopic (exact) mass is 281 g/mol. The third-order valence-electron chi connectivity index (χ3n) is 2.55. The molecule has 0 aliphatic heterocycles. The van der Waals surface area contributed by atoms with Gasteiger partial charge in [-0.2, -0.15) is 0 Å². The van der Waals surface area contributed by atoms with Gasteiger partial charge in [0.15, 0.2) is 9.84 Å². The lowest BCUT2D eigenvalue weighted by Crippen LogP contribution is -2.28. The quantitative estimate of drug-likeness (QED) is 0.769. The summed E-state index contributed by atoms with van der Waals surface area (Å²) in [5.41, 5.74) is 0.512. The SMILES string of the molecule is C#CCC(Nc1ccc(S(=O)(=O)CC)cc1)C(=O)O. The number of sulfone groups is 1. The lowest BCUT2D eigenvalue weighted by atomic mass is 10.2. The smallest absolute Gasteiger partial charge is 0.327 e. The van der Waals surface area contributed by atoms with Crippen LogP contribution in [0, 0.1) is 12.3 Å². The van der Waals surface area contributed by atoms with E-state index in [1.54, 1.807) is 6.92 Å². The van der Waals surface area contributed by atoms with Crippen molar-refractivity contribution in [1.82, 2.24) is 0 Å². The van der Waals surface area contributed by atoms with Crippen molar-refractivity contribution in [2.24, 2.45) is 0 Å². The van der Waals surface area contributed by atoms with Gasteiger partial charge in [-0.25, -0.2) is 13.2 Å². The molecule has 0 saturated heterocycles. The van der Waals surface area contributed by atoms with Crippen LogP contribution in [0.4, 0.5) is 5.69 Å². The van der Waals surface area contributed by atoms with E-state index in [1.165, 1.54) is 24.3 Å². The highest BCUT2D eigenvalue weighted by molar-refractivity contribution is 7.91. The van der Waals surface area contributed by atoms with Gasteiger partial charge in [0, 0.05) is 12.1 Å². The molecule has 0 saturated carbocycles. The highest BCUT2D eigenvalue weighted by atomic mass is 32.2. The summed E-state index contributed by atoms with van der Waals surface area (Å²) in [6.45, 7) is 1.56. The molecule has 0 fully saturated rings. The maximum Gasteiger partial charge on any atom is 0.327 e. The van der Waals surface area contributed by atoms with Crippen LogP contribution in [-0.2, 0) is 14.6 Å². The standard InChI is InChI=1S/C13H15NO4S/c1-3-5-12(13(15)16)14-10-6-8-11(9-7-10)19(17,18)4-2/h1,6-9,12,14H,4-5H2,2H3,(H,15,16). The maximum absolute atomic E-state index is 11.6. The molecular weight excluding hydrogens is 266 g/mol. The molecule has 5 nitrogen and oxygen atoms in total. The van der Waals surface area contributed by atoms with Gasteiger partial charge in [-0.05, 0) is 24.3 Å². The first-order valence-electron chi connectivity index (χ1n) is 5.66. The highest BCUT2D eigenvalue weighted by Crippen LogP contribution is 2.16. The Balaban J connectivity index is 2.88. The number of benzene rings is 1. The van der Waals surface area contributed by atoms with Crippen LogP contribution < -0.4 is 5.32 Å². The topological polar surface area (TPSA) is 83.5 Å². The molecule has 0 aromatic heterocycles. The van der Waals surface area contributed by atoms with Gasteiger partial charge in [0.2, 0.25) is 0 Å². The van der Waals surface area contributed by atoms with E-state index in [9.17, 15) is 13.2 Å². The van der Waals surface area contributed by atoms with Gasteiger partial charge < -0.3 is 10.4 Å². The number of terminal acetylenes is 1. The lowest BCUT2D eigenvalue weighted by Gasteiger charge is -2.13. The molecule has 2 N–H and O–H groups in total. The summed E-state index contributed by atoms with van der Waals surface area (Å²) in [6, 6.07) is 5.04. The van der Waals surface area contributed by atoms with Crippen LogP contribution in [0.3, 0.4) is 0 Å². The zero-order chi connectivity index (χ0) is 14.5. The number of aliphatic carboxylic acids is 1. The predicted octanol–water partition coefficient (Wildman–Crippen LogP) is 1.37. The third kappa shape index (κ3) is 4.00. The molecule has 0 spiro atoms. The Bertz CT molecular complexity index is 584. The number of anilines is 1. The molecule has 1 rings (SSSR count). The Labute approximate surface area is 112 Å². The zero-order valence-corrected chi connectivity index (χ0v) is 11.3. The summed E-state index contributed by atoms with van der Waals surface area (Å²) in [4.78, 5) is 11.1. The molecule has 0 amide bonds. The van der Waals surface area contributed by atoms with Crippen LogP contribution in [0.5, 0.6) is 0 Å². The number of rotatable bonds is 6. The Morgan fingerprint density at radius 2 is 2.00 bits per heavy atom. The molecule has 1 aromatic carbocycles. The number of hydrogen-bond donors (Lipinski definition) is 2. The Kier molecular flexibility index (Phi) is 4.95. The van der Waals surface area contributed by atoms with Crippen LogP contribution in [0.25, 0.3) is 0 Å². The number of carboxylic acid groups (broad SMARTS) is 1. The van der Waals surface area contributed by atoms with Gasteiger partial charge in [-0.1, -0.05) is 6.92 Å². The molecule has 102 valence electrons. The first-order valence-corrected chi connectivity index (χ1v) is 7.31. The molecule has 1 unspecified atom stereocenters. The second kappa shape index (κ2) is 6.25. The molecule has 0 radical (unpaired) electrons. The van der Waals surface area contributed by atoms with E-state index in [1.807, 2.05) is 0 Å². The van der Waals surface area contributed by atoms with Gasteiger partial charge >= 0.3 is 5.97 Å². The summed E-state index contributed by atoms with van der Waals surface area (Å²) < 4.78 is 23.2. The minimum Gasteiger partial charge on any atom is -0.480 e. The van der Waals surface area contributed by atoms with Gasteiger partial charge in [0.1, 0.15) is 6.04 Å². The van der Waals surface area contributed by atoms with Crippen molar-refractivity contribution >= 4 is 21.5 Å². The van der Waals surface area contributed by atoms with Crippen LogP contribution in [-0.4, -0.2) is 31.3 Å². The predicted molar refractivity (Wildman–Crippen MR) is 72.7 cm³/mol. The highest BCUT2D eigenvalue weighted by Gasteiger charge is 2.16. The summed E-state index contributed by atoms with van der Waals surface area (Å²) in [6.07, 6.45) is 5.13. The third-order valence-corrected chi connectivity index (χ3v) is 4.30. The largest absolute Gasteiger partial charge is 0.480 e. The second-order valence-electron chi connectivity index (χ2n) is 3.87. The van der Waals surface area contributed by atoms with Crippen molar-refractivity contribution in [3.8, 4) is 12.3 Å². The first kappa shape index (κ1) is 15.1.